The first-order chi connectivity index (χ1) is 12.5. The van der Waals surface area contributed by atoms with E-state index in [1.807, 2.05) is 38.1 Å². The Morgan fingerprint density at radius 3 is 2.35 bits per heavy atom. The number of ether oxygens (including phenoxy) is 2. The molecule has 0 saturated carbocycles. The van der Waals surface area contributed by atoms with Crippen molar-refractivity contribution < 1.29 is 14.3 Å². The molecule has 0 saturated heterocycles. The van der Waals surface area contributed by atoms with E-state index in [0.717, 1.165) is 16.8 Å². The summed E-state index contributed by atoms with van der Waals surface area (Å²) in [6.45, 7) is 3.96. The van der Waals surface area contributed by atoms with E-state index in [4.69, 9.17) is 9.47 Å². The molecule has 2 N–H and O–H groups in total. The van der Waals surface area contributed by atoms with Crippen LogP contribution in [0.4, 0.5) is 5.82 Å². The summed E-state index contributed by atoms with van der Waals surface area (Å²) in [5.41, 5.74) is 4.38. The Balaban J connectivity index is 1.90. The number of rotatable bonds is 5. The highest BCUT2D eigenvalue weighted by Gasteiger charge is 2.17. The molecule has 0 radical (unpaired) electrons. The highest BCUT2D eigenvalue weighted by molar-refractivity contribution is 6.06. The van der Waals surface area contributed by atoms with Crippen LogP contribution < -0.4 is 14.8 Å². The van der Waals surface area contributed by atoms with Crippen molar-refractivity contribution in [3.63, 3.8) is 0 Å². The van der Waals surface area contributed by atoms with Gasteiger partial charge in [-0.1, -0.05) is 29.8 Å². The van der Waals surface area contributed by atoms with Gasteiger partial charge in [-0.25, -0.2) is 0 Å². The Bertz CT molecular complexity index is 930. The lowest BCUT2D eigenvalue weighted by molar-refractivity contribution is 0.102. The Morgan fingerprint density at radius 2 is 1.69 bits per heavy atom. The summed E-state index contributed by atoms with van der Waals surface area (Å²) in [6.07, 6.45) is 0. The van der Waals surface area contributed by atoms with E-state index in [0.29, 0.717) is 22.9 Å². The van der Waals surface area contributed by atoms with Crippen LogP contribution in [-0.4, -0.2) is 30.3 Å². The Kier molecular flexibility index (Phi) is 4.93. The maximum atomic E-state index is 12.7. The number of nitrogens with one attached hydrogen (secondary N) is 2. The normalized spacial score (nSPS) is 10.5. The van der Waals surface area contributed by atoms with Crippen LogP contribution in [0, 0.1) is 13.8 Å². The van der Waals surface area contributed by atoms with E-state index >= 15 is 0 Å². The number of aromatic nitrogens is 2. The van der Waals surface area contributed by atoms with E-state index in [2.05, 4.69) is 15.5 Å². The predicted molar refractivity (Wildman–Crippen MR) is 101 cm³/mol. The van der Waals surface area contributed by atoms with E-state index in [-0.39, 0.29) is 5.91 Å². The van der Waals surface area contributed by atoms with Crippen molar-refractivity contribution in [3.05, 3.63) is 59.3 Å². The summed E-state index contributed by atoms with van der Waals surface area (Å²) in [7, 11) is 3.09. The molecule has 1 aromatic heterocycles. The van der Waals surface area contributed by atoms with Gasteiger partial charge in [0.05, 0.1) is 14.2 Å². The zero-order valence-corrected chi connectivity index (χ0v) is 15.2. The molecular formula is C20H21N3O3. The SMILES string of the molecule is COc1ccc(C(=O)Nc2n[nH]c(C)c2-c2ccc(C)cc2)cc1OC. The smallest absolute Gasteiger partial charge is 0.257 e. The molecule has 0 atom stereocenters. The Hall–Kier alpha value is -3.28. The number of benzene rings is 2. The molecule has 1 amide bonds. The number of H-pyrrole nitrogens is 1. The summed E-state index contributed by atoms with van der Waals surface area (Å²) >= 11 is 0. The number of amides is 1. The molecule has 0 aliphatic heterocycles. The number of methoxy groups -OCH3 is 2. The number of carbonyl (C=O) groups excluding carboxylic acids is 1. The topological polar surface area (TPSA) is 76.2 Å². The van der Waals surface area contributed by atoms with Gasteiger partial charge < -0.3 is 14.8 Å². The molecule has 3 rings (SSSR count). The first-order valence-corrected chi connectivity index (χ1v) is 8.19. The number of carbonyl (C=O) groups is 1. The van der Waals surface area contributed by atoms with Crippen LogP contribution in [0.25, 0.3) is 11.1 Å². The average molecular weight is 351 g/mol. The first-order valence-electron chi connectivity index (χ1n) is 8.19. The van der Waals surface area contributed by atoms with Gasteiger partial charge in [0.1, 0.15) is 0 Å². The molecule has 1 heterocycles. The van der Waals surface area contributed by atoms with Crippen molar-refractivity contribution in [2.75, 3.05) is 19.5 Å². The first kappa shape index (κ1) is 17.5. The fourth-order valence-corrected chi connectivity index (χ4v) is 2.75. The largest absolute Gasteiger partial charge is 0.493 e. The molecule has 6 heteroatoms. The predicted octanol–water partition coefficient (Wildman–Crippen LogP) is 3.96. The molecule has 2 aromatic carbocycles. The fourth-order valence-electron chi connectivity index (χ4n) is 2.75. The summed E-state index contributed by atoms with van der Waals surface area (Å²) in [5, 5.41) is 10.1. The van der Waals surface area contributed by atoms with Gasteiger partial charge in [0.2, 0.25) is 0 Å². The van der Waals surface area contributed by atoms with Crippen LogP contribution in [0.5, 0.6) is 11.5 Å². The van der Waals surface area contributed by atoms with E-state index in [9.17, 15) is 4.79 Å². The Morgan fingerprint density at radius 1 is 1.00 bits per heavy atom. The number of aryl methyl sites for hydroxylation is 2. The molecule has 0 unspecified atom stereocenters. The van der Waals surface area contributed by atoms with Crippen LogP contribution in [0.2, 0.25) is 0 Å². The molecular weight excluding hydrogens is 330 g/mol. The minimum atomic E-state index is -0.272. The second-order valence-corrected chi connectivity index (χ2v) is 5.96. The molecule has 0 fully saturated rings. The second-order valence-electron chi connectivity index (χ2n) is 5.96. The lowest BCUT2D eigenvalue weighted by Crippen LogP contribution is -2.13. The van der Waals surface area contributed by atoms with Crippen molar-refractivity contribution in [1.82, 2.24) is 10.2 Å². The van der Waals surface area contributed by atoms with Gasteiger partial charge >= 0.3 is 0 Å². The molecule has 134 valence electrons. The third-order valence-electron chi connectivity index (χ3n) is 4.17. The quantitative estimate of drug-likeness (QED) is 0.729. The highest BCUT2D eigenvalue weighted by atomic mass is 16.5. The van der Waals surface area contributed by atoms with Gasteiger partial charge in [-0.3, -0.25) is 9.89 Å². The standard InChI is InChI=1S/C20H21N3O3/c1-12-5-7-14(8-6-12)18-13(2)22-23-19(18)21-20(24)15-9-10-16(25-3)17(11-15)26-4/h5-11H,1-4H3,(H2,21,22,23,24). The maximum absolute atomic E-state index is 12.7. The molecule has 0 aliphatic carbocycles. The van der Waals surface area contributed by atoms with Crippen LogP contribution >= 0.6 is 0 Å². The monoisotopic (exact) mass is 351 g/mol. The molecule has 0 bridgehead atoms. The van der Waals surface area contributed by atoms with Gasteiger partial charge in [0.25, 0.3) is 5.91 Å². The van der Waals surface area contributed by atoms with Gasteiger partial charge in [-0.05, 0) is 37.6 Å². The zero-order valence-electron chi connectivity index (χ0n) is 15.2. The van der Waals surface area contributed by atoms with Crippen LogP contribution in [0.15, 0.2) is 42.5 Å². The highest BCUT2D eigenvalue weighted by Crippen LogP contribution is 2.31. The number of anilines is 1. The lowest BCUT2D eigenvalue weighted by Gasteiger charge is -2.10. The fraction of sp³-hybridized carbons (Fsp3) is 0.200. The van der Waals surface area contributed by atoms with Gasteiger partial charge in [0, 0.05) is 16.8 Å². The molecule has 3 aromatic rings. The zero-order chi connectivity index (χ0) is 18.7. The second kappa shape index (κ2) is 7.31. The van der Waals surface area contributed by atoms with Crippen molar-refractivity contribution in [3.8, 4) is 22.6 Å². The van der Waals surface area contributed by atoms with E-state index in [1.165, 1.54) is 12.7 Å². The van der Waals surface area contributed by atoms with Gasteiger partial charge in [0.15, 0.2) is 17.3 Å². The minimum Gasteiger partial charge on any atom is -0.493 e. The minimum absolute atomic E-state index is 0.272. The molecule has 26 heavy (non-hydrogen) atoms. The third kappa shape index (κ3) is 3.39. The average Bonchev–Trinajstić information content (AvgIpc) is 3.02. The maximum Gasteiger partial charge on any atom is 0.257 e. The lowest BCUT2D eigenvalue weighted by atomic mass is 10.0. The number of hydrogen-bond donors (Lipinski definition) is 2. The Labute approximate surface area is 152 Å². The summed E-state index contributed by atoms with van der Waals surface area (Å²) in [6, 6.07) is 13.1. The van der Waals surface area contributed by atoms with E-state index < -0.39 is 0 Å². The summed E-state index contributed by atoms with van der Waals surface area (Å²) < 4.78 is 10.5. The van der Waals surface area contributed by atoms with Crippen LogP contribution in [0.3, 0.4) is 0 Å². The van der Waals surface area contributed by atoms with E-state index in [1.54, 1.807) is 25.3 Å². The molecule has 6 nitrogen and oxygen atoms in total. The third-order valence-corrected chi connectivity index (χ3v) is 4.17. The van der Waals surface area contributed by atoms with Crippen molar-refractivity contribution in [1.29, 1.82) is 0 Å². The van der Waals surface area contributed by atoms with Crippen molar-refractivity contribution in [2.24, 2.45) is 0 Å². The van der Waals surface area contributed by atoms with Crippen LogP contribution in [0.1, 0.15) is 21.6 Å². The van der Waals surface area contributed by atoms with Crippen molar-refractivity contribution >= 4 is 11.7 Å². The van der Waals surface area contributed by atoms with Gasteiger partial charge in [-0.15, -0.1) is 0 Å². The number of aromatic amines is 1. The summed E-state index contributed by atoms with van der Waals surface area (Å²) in [5.74, 6) is 1.29. The molecule has 0 spiro atoms. The van der Waals surface area contributed by atoms with Gasteiger partial charge in [-0.2, -0.15) is 5.10 Å². The number of nitrogens with zero attached hydrogens (tertiary/aromatic N) is 1. The van der Waals surface area contributed by atoms with Crippen molar-refractivity contribution in [2.45, 2.75) is 13.8 Å². The molecule has 0 aliphatic rings. The summed E-state index contributed by atoms with van der Waals surface area (Å²) in [4.78, 5) is 12.7. The number of hydrogen-bond acceptors (Lipinski definition) is 4. The van der Waals surface area contributed by atoms with Crippen LogP contribution in [-0.2, 0) is 0 Å².